The van der Waals surface area contributed by atoms with Crippen molar-refractivity contribution in [2.45, 2.75) is 20.4 Å². The summed E-state index contributed by atoms with van der Waals surface area (Å²) in [6.45, 7) is 9.16. The molecule has 0 spiro atoms. The maximum Gasteiger partial charge on any atom is 0.225 e. The number of halogens is 1. The molecule has 1 N–H and O–H groups in total. The minimum Gasteiger partial charge on any atom is -0.496 e. The lowest BCUT2D eigenvalue weighted by Gasteiger charge is -2.36. The van der Waals surface area contributed by atoms with Crippen LogP contribution >= 0.6 is 24.0 Å². The van der Waals surface area contributed by atoms with E-state index in [9.17, 15) is 0 Å². The average molecular weight is 496 g/mol. The predicted molar refractivity (Wildman–Crippen MR) is 124 cm³/mol. The van der Waals surface area contributed by atoms with E-state index in [-0.39, 0.29) is 24.0 Å². The molecule has 1 fully saturated rings. The lowest BCUT2D eigenvalue weighted by atomic mass is 10.1. The molecule has 1 aliphatic heterocycles. The third kappa shape index (κ3) is 5.70. The molecular formula is C20H29IN6O. The van der Waals surface area contributed by atoms with Gasteiger partial charge in [0, 0.05) is 45.1 Å². The second-order valence-electron chi connectivity index (χ2n) is 6.50. The Labute approximate surface area is 184 Å². The maximum absolute atomic E-state index is 5.42. The van der Waals surface area contributed by atoms with Gasteiger partial charge in [0.05, 0.1) is 13.7 Å². The van der Waals surface area contributed by atoms with Crippen molar-refractivity contribution in [3.63, 3.8) is 0 Å². The Hall–Kier alpha value is -2.10. The zero-order chi connectivity index (χ0) is 19.1. The summed E-state index contributed by atoms with van der Waals surface area (Å²) in [7, 11) is 1.70. The molecule has 28 heavy (non-hydrogen) atoms. The van der Waals surface area contributed by atoms with Gasteiger partial charge in [0.1, 0.15) is 5.75 Å². The van der Waals surface area contributed by atoms with Crippen LogP contribution in [0.25, 0.3) is 0 Å². The van der Waals surface area contributed by atoms with E-state index in [2.05, 4.69) is 50.2 Å². The Kier molecular flexibility index (Phi) is 8.75. The van der Waals surface area contributed by atoms with E-state index in [1.54, 1.807) is 19.5 Å². The molecule has 152 valence electrons. The molecule has 0 radical (unpaired) electrons. The fraction of sp³-hybridized carbons (Fsp3) is 0.450. The van der Waals surface area contributed by atoms with E-state index in [0.29, 0.717) is 6.54 Å². The van der Waals surface area contributed by atoms with Crippen LogP contribution in [0, 0.1) is 6.92 Å². The molecule has 0 bridgehead atoms. The predicted octanol–water partition coefficient (Wildman–Crippen LogP) is 2.70. The monoisotopic (exact) mass is 496 g/mol. The van der Waals surface area contributed by atoms with E-state index in [0.717, 1.165) is 61.5 Å². The first-order valence-corrected chi connectivity index (χ1v) is 9.40. The normalized spacial score (nSPS) is 14.5. The Morgan fingerprint density at radius 1 is 1.18 bits per heavy atom. The number of benzene rings is 1. The van der Waals surface area contributed by atoms with Gasteiger partial charge in [0.15, 0.2) is 5.96 Å². The summed E-state index contributed by atoms with van der Waals surface area (Å²) in [5, 5.41) is 3.41. The van der Waals surface area contributed by atoms with E-state index in [1.807, 2.05) is 13.0 Å². The highest BCUT2D eigenvalue weighted by Gasteiger charge is 2.21. The largest absolute Gasteiger partial charge is 0.496 e. The van der Waals surface area contributed by atoms with Gasteiger partial charge in [0.2, 0.25) is 5.95 Å². The third-order valence-corrected chi connectivity index (χ3v) is 4.63. The first kappa shape index (κ1) is 22.2. The van der Waals surface area contributed by atoms with Crippen LogP contribution in [0.2, 0.25) is 0 Å². The summed E-state index contributed by atoms with van der Waals surface area (Å²) in [4.78, 5) is 18.0. The Morgan fingerprint density at radius 3 is 2.54 bits per heavy atom. The summed E-state index contributed by atoms with van der Waals surface area (Å²) in [6, 6.07) is 8.09. The van der Waals surface area contributed by atoms with E-state index < -0.39 is 0 Å². The number of hydrogen-bond acceptors (Lipinski definition) is 5. The maximum atomic E-state index is 5.42. The number of ether oxygens (including phenoxy) is 1. The number of piperazine rings is 1. The second kappa shape index (κ2) is 11.0. The van der Waals surface area contributed by atoms with Gasteiger partial charge >= 0.3 is 0 Å². The first-order valence-electron chi connectivity index (χ1n) is 9.40. The molecule has 2 aromatic rings. The number of hydrogen-bond donors (Lipinski definition) is 1. The van der Waals surface area contributed by atoms with Crippen LogP contribution in [-0.2, 0) is 6.54 Å². The van der Waals surface area contributed by atoms with Crippen molar-refractivity contribution in [3.05, 3.63) is 47.8 Å². The highest BCUT2D eigenvalue weighted by Crippen LogP contribution is 2.19. The highest BCUT2D eigenvalue weighted by atomic mass is 127. The van der Waals surface area contributed by atoms with Crippen molar-refractivity contribution >= 4 is 35.9 Å². The van der Waals surface area contributed by atoms with Gasteiger partial charge in [-0.2, -0.15) is 0 Å². The van der Waals surface area contributed by atoms with E-state index in [1.165, 1.54) is 0 Å². The van der Waals surface area contributed by atoms with Crippen LogP contribution < -0.4 is 15.0 Å². The van der Waals surface area contributed by atoms with E-state index in [4.69, 9.17) is 9.73 Å². The molecule has 1 aliphatic rings. The number of aryl methyl sites for hydroxylation is 1. The molecule has 0 atom stereocenters. The molecule has 7 nitrogen and oxygen atoms in total. The van der Waals surface area contributed by atoms with Crippen molar-refractivity contribution in [1.29, 1.82) is 0 Å². The molecule has 1 saturated heterocycles. The summed E-state index contributed by atoms with van der Waals surface area (Å²) >= 11 is 0. The summed E-state index contributed by atoms with van der Waals surface area (Å²) in [5.41, 5.74) is 2.28. The average Bonchev–Trinajstić information content (AvgIpc) is 2.73. The number of aliphatic imine (C=N–C) groups is 1. The van der Waals surface area contributed by atoms with Crippen molar-refractivity contribution in [1.82, 2.24) is 20.2 Å². The smallest absolute Gasteiger partial charge is 0.225 e. The zero-order valence-electron chi connectivity index (χ0n) is 16.8. The number of methoxy groups -OCH3 is 1. The SMILES string of the molecule is CCNC(=NCc1ccc(C)c(OC)c1)N1CCN(c2ncccn2)CC1.I. The number of anilines is 1. The van der Waals surface area contributed by atoms with Gasteiger partial charge in [-0.15, -0.1) is 24.0 Å². The zero-order valence-corrected chi connectivity index (χ0v) is 19.1. The minimum absolute atomic E-state index is 0. The number of rotatable bonds is 5. The number of guanidine groups is 1. The van der Waals surface area contributed by atoms with Gasteiger partial charge in [-0.25, -0.2) is 15.0 Å². The molecule has 1 aromatic heterocycles. The van der Waals surface area contributed by atoms with Gasteiger partial charge in [0.25, 0.3) is 0 Å². The van der Waals surface area contributed by atoms with Crippen molar-refractivity contribution in [3.8, 4) is 5.75 Å². The molecule has 0 saturated carbocycles. The lowest BCUT2D eigenvalue weighted by molar-refractivity contribution is 0.370. The van der Waals surface area contributed by atoms with Crippen molar-refractivity contribution < 1.29 is 4.74 Å². The fourth-order valence-corrected chi connectivity index (χ4v) is 3.13. The molecular weight excluding hydrogens is 467 g/mol. The standard InChI is InChI=1S/C20H28N6O.HI/c1-4-21-19(24-15-17-7-6-16(2)18(14-17)27-3)25-10-12-26(13-11-25)20-22-8-5-9-23-20;/h5-9,14H,4,10-13,15H2,1-3H3,(H,21,24);1H. The van der Waals surface area contributed by atoms with Crippen LogP contribution in [0.5, 0.6) is 5.75 Å². The van der Waals surface area contributed by atoms with Crippen LogP contribution in [0.1, 0.15) is 18.1 Å². The molecule has 3 rings (SSSR count). The van der Waals surface area contributed by atoms with Gasteiger partial charge < -0.3 is 19.9 Å². The third-order valence-electron chi connectivity index (χ3n) is 4.63. The first-order chi connectivity index (χ1) is 13.2. The van der Waals surface area contributed by atoms with Crippen molar-refractivity contribution in [2.75, 3.05) is 44.7 Å². The molecule has 8 heteroatoms. The molecule has 0 aliphatic carbocycles. The fourth-order valence-electron chi connectivity index (χ4n) is 3.13. The highest BCUT2D eigenvalue weighted by molar-refractivity contribution is 14.0. The Bertz CT molecular complexity index is 763. The molecule has 0 unspecified atom stereocenters. The Morgan fingerprint density at radius 2 is 1.89 bits per heavy atom. The Balaban J connectivity index is 0.00000280. The quantitative estimate of drug-likeness (QED) is 0.390. The van der Waals surface area contributed by atoms with Crippen molar-refractivity contribution in [2.24, 2.45) is 4.99 Å². The van der Waals surface area contributed by atoms with Gasteiger partial charge in [-0.05, 0) is 37.1 Å². The van der Waals surface area contributed by atoms with Crippen LogP contribution in [0.4, 0.5) is 5.95 Å². The van der Waals surface area contributed by atoms with Crippen LogP contribution in [0.15, 0.2) is 41.7 Å². The lowest BCUT2D eigenvalue weighted by Crippen LogP contribution is -2.52. The molecule has 1 aromatic carbocycles. The summed E-state index contributed by atoms with van der Waals surface area (Å²) in [6.07, 6.45) is 3.58. The topological polar surface area (TPSA) is 65.9 Å². The molecule has 0 amide bonds. The molecule has 2 heterocycles. The van der Waals surface area contributed by atoms with Gasteiger partial charge in [-0.3, -0.25) is 0 Å². The summed E-state index contributed by atoms with van der Waals surface area (Å²) < 4.78 is 5.42. The summed E-state index contributed by atoms with van der Waals surface area (Å²) in [5.74, 6) is 2.65. The minimum atomic E-state index is 0. The van der Waals surface area contributed by atoms with Gasteiger partial charge in [-0.1, -0.05) is 12.1 Å². The van der Waals surface area contributed by atoms with Crippen LogP contribution in [0.3, 0.4) is 0 Å². The van der Waals surface area contributed by atoms with Crippen LogP contribution in [-0.4, -0.2) is 60.7 Å². The second-order valence-corrected chi connectivity index (χ2v) is 6.50. The number of aromatic nitrogens is 2. The number of nitrogens with one attached hydrogen (secondary N) is 1. The van der Waals surface area contributed by atoms with E-state index >= 15 is 0 Å². The number of nitrogens with zero attached hydrogens (tertiary/aromatic N) is 5.